The van der Waals surface area contributed by atoms with E-state index >= 15 is 0 Å². The first-order chi connectivity index (χ1) is 13.7. The Hall–Kier alpha value is -2.13. The highest BCUT2D eigenvalue weighted by Crippen LogP contribution is 2.35. The van der Waals surface area contributed by atoms with Crippen LogP contribution in [0.4, 0.5) is 10.1 Å². The van der Waals surface area contributed by atoms with Crippen LogP contribution in [0.15, 0.2) is 59.5 Å². The summed E-state index contributed by atoms with van der Waals surface area (Å²) >= 11 is 12.7. The molecule has 3 rings (SSSR count). The van der Waals surface area contributed by atoms with Crippen LogP contribution >= 0.6 is 34.5 Å². The molecule has 29 heavy (non-hydrogen) atoms. The average Bonchev–Trinajstić information content (AvgIpc) is 3.01. The number of anilines is 1. The molecule has 5 nitrogen and oxygen atoms in total. The molecule has 0 unspecified atom stereocenters. The van der Waals surface area contributed by atoms with E-state index < -0.39 is 10.0 Å². The summed E-state index contributed by atoms with van der Waals surface area (Å²) in [5.41, 5.74) is 1.38. The van der Waals surface area contributed by atoms with Crippen LogP contribution in [0.1, 0.15) is 28.9 Å². The van der Waals surface area contributed by atoms with Crippen LogP contribution in [0.5, 0.6) is 0 Å². The summed E-state index contributed by atoms with van der Waals surface area (Å²) in [7, 11) is -3.90. The first-order valence-corrected chi connectivity index (χ1v) is 11.4. The maximum absolute atomic E-state index is 13.0. The number of hydrogen-bond donors (Lipinski definition) is 2. The van der Waals surface area contributed by atoms with Crippen molar-refractivity contribution in [2.45, 2.75) is 17.9 Å². The maximum atomic E-state index is 13.0. The van der Waals surface area contributed by atoms with Crippen molar-refractivity contribution >= 4 is 56.2 Å². The predicted octanol–water partition coefficient (Wildman–Crippen LogP) is 5.49. The third kappa shape index (κ3) is 5.27. The summed E-state index contributed by atoms with van der Waals surface area (Å²) in [6, 6.07) is 12.7. The minimum Gasteiger partial charge on any atom is -0.346 e. The van der Waals surface area contributed by atoms with Gasteiger partial charge < -0.3 is 5.32 Å². The number of amides is 1. The van der Waals surface area contributed by atoms with Crippen molar-refractivity contribution in [3.05, 3.63) is 80.2 Å². The molecule has 1 aromatic heterocycles. The zero-order valence-electron chi connectivity index (χ0n) is 14.9. The molecule has 1 heterocycles. The van der Waals surface area contributed by atoms with Crippen LogP contribution in [-0.2, 0) is 10.0 Å². The normalized spacial score (nSPS) is 12.4. The maximum Gasteiger partial charge on any atom is 0.264 e. The molecule has 0 spiro atoms. The van der Waals surface area contributed by atoms with Crippen molar-refractivity contribution in [1.29, 1.82) is 0 Å². The van der Waals surface area contributed by atoms with Gasteiger partial charge in [0.2, 0.25) is 0 Å². The van der Waals surface area contributed by atoms with Crippen LogP contribution in [-0.4, -0.2) is 14.3 Å². The third-order valence-electron chi connectivity index (χ3n) is 4.03. The summed E-state index contributed by atoms with van der Waals surface area (Å²) in [5.74, 6) is -0.694. The lowest BCUT2D eigenvalue weighted by molar-refractivity contribution is 0.0940. The Balaban J connectivity index is 1.68. The van der Waals surface area contributed by atoms with Gasteiger partial charge in [-0.3, -0.25) is 9.52 Å². The number of halogens is 3. The molecule has 1 atom stereocenters. The lowest BCUT2D eigenvalue weighted by Gasteiger charge is -2.14. The Morgan fingerprint density at radius 1 is 1.07 bits per heavy atom. The van der Waals surface area contributed by atoms with Gasteiger partial charge in [-0.25, -0.2) is 12.8 Å². The highest BCUT2D eigenvalue weighted by Gasteiger charge is 2.21. The molecule has 0 bridgehead atoms. The molecule has 0 radical (unpaired) electrons. The Morgan fingerprint density at radius 2 is 1.69 bits per heavy atom. The number of carbonyl (C=O) groups excluding carboxylic acids is 1. The van der Waals surface area contributed by atoms with Crippen LogP contribution in [0, 0.1) is 5.82 Å². The van der Waals surface area contributed by atoms with Gasteiger partial charge in [-0.2, -0.15) is 0 Å². The second-order valence-corrected chi connectivity index (χ2v) is 10.1. The monoisotopic (exact) mass is 472 g/mol. The minimum absolute atomic E-state index is 0.0632. The molecule has 1 amide bonds. The first kappa shape index (κ1) is 21.6. The highest BCUT2D eigenvalue weighted by molar-refractivity contribution is 7.93. The average molecular weight is 473 g/mol. The van der Waals surface area contributed by atoms with Gasteiger partial charge in [-0.05, 0) is 55.0 Å². The molecular formula is C19H15Cl2FN2O3S2. The van der Waals surface area contributed by atoms with Gasteiger partial charge in [0, 0.05) is 11.3 Å². The van der Waals surface area contributed by atoms with E-state index in [4.69, 9.17) is 23.2 Å². The second kappa shape index (κ2) is 8.71. The molecule has 0 aliphatic rings. The van der Waals surface area contributed by atoms with E-state index in [1.807, 2.05) is 0 Å². The molecule has 0 fully saturated rings. The van der Waals surface area contributed by atoms with E-state index in [0.717, 1.165) is 16.9 Å². The van der Waals surface area contributed by atoms with Gasteiger partial charge >= 0.3 is 0 Å². The number of sulfonamides is 1. The van der Waals surface area contributed by atoms with Crippen molar-refractivity contribution in [3.63, 3.8) is 0 Å². The van der Waals surface area contributed by atoms with Crippen molar-refractivity contribution in [2.24, 2.45) is 0 Å². The first-order valence-electron chi connectivity index (χ1n) is 8.30. The molecule has 3 aromatic rings. The van der Waals surface area contributed by atoms with Gasteiger partial charge in [-0.1, -0.05) is 35.3 Å². The van der Waals surface area contributed by atoms with E-state index in [9.17, 15) is 17.6 Å². The minimum atomic E-state index is -3.90. The molecule has 0 aliphatic heterocycles. The fourth-order valence-corrected chi connectivity index (χ4v) is 5.73. The fraction of sp³-hybridized carbons (Fsp3) is 0.105. The van der Waals surface area contributed by atoms with E-state index in [1.54, 1.807) is 19.1 Å². The molecule has 0 saturated carbocycles. The third-order valence-corrected chi connectivity index (χ3v) is 7.17. The molecule has 2 aromatic carbocycles. The van der Waals surface area contributed by atoms with Crippen molar-refractivity contribution in [2.75, 3.05) is 4.72 Å². The number of carbonyl (C=O) groups is 1. The smallest absolute Gasteiger partial charge is 0.264 e. The largest absolute Gasteiger partial charge is 0.346 e. The molecule has 152 valence electrons. The molecule has 0 saturated heterocycles. The molecule has 2 N–H and O–H groups in total. The number of nitrogens with one attached hydrogen (secondary N) is 2. The van der Waals surface area contributed by atoms with Gasteiger partial charge in [-0.15, -0.1) is 11.3 Å². The quantitative estimate of drug-likeness (QED) is 0.498. The Morgan fingerprint density at radius 3 is 2.24 bits per heavy atom. The van der Waals surface area contributed by atoms with Gasteiger partial charge in [0.15, 0.2) is 0 Å². The van der Waals surface area contributed by atoms with Crippen LogP contribution in [0.2, 0.25) is 8.67 Å². The Bertz CT molecular complexity index is 1130. The molecule has 0 aliphatic carbocycles. The zero-order chi connectivity index (χ0) is 21.2. The summed E-state index contributed by atoms with van der Waals surface area (Å²) in [6.07, 6.45) is 0. The Kier molecular flexibility index (Phi) is 6.48. The number of hydrogen-bond acceptors (Lipinski definition) is 4. The van der Waals surface area contributed by atoms with Gasteiger partial charge in [0.05, 0.1) is 10.4 Å². The van der Waals surface area contributed by atoms with E-state index in [2.05, 4.69) is 10.0 Å². The van der Waals surface area contributed by atoms with E-state index in [0.29, 0.717) is 5.56 Å². The van der Waals surface area contributed by atoms with E-state index in [1.165, 1.54) is 42.5 Å². The van der Waals surface area contributed by atoms with Gasteiger partial charge in [0.1, 0.15) is 15.0 Å². The van der Waals surface area contributed by atoms with Crippen molar-refractivity contribution < 1.29 is 17.6 Å². The standard InChI is InChI=1S/C19H15Cl2FN2O3S2/c1-11(12-2-6-14(22)7-3-12)23-19(25)13-4-8-15(9-5-13)24-29(26,27)16-10-17(20)28-18(16)21/h2-11,24H,1H3,(H,23,25)/t11-/m0/s1. The lowest BCUT2D eigenvalue weighted by Crippen LogP contribution is -2.26. The lowest BCUT2D eigenvalue weighted by atomic mass is 10.1. The van der Waals surface area contributed by atoms with Crippen LogP contribution in [0.3, 0.4) is 0 Å². The zero-order valence-corrected chi connectivity index (χ0v) is 18.1. The summed E-state index contributed by atoms with van der Waals surface area (Å²) < 4.78 is 40.6. The summed E-state index contributed by atoms with van der Waals surface area (Å²) in [6.45, 7) is 1.78. The number of benzene rings is 2. The predicted molar refractivity (Wildman–Crippen MR) is 114 cm³/mol. The Labute approximate surface area is 181 Å². The summed E-state index contributed by atoms with van der Waals surface area (Å²) in [4.78, 5) is 12.3. The summed E-state index contributed by atoms with van der Waals surface area (Å²) in [5, 5.41) is 2.80. The van der Waals surface area contributed by atoms with Crippen LogP contribution in [0.25, 0.3) is 0 Å². The SMILES string of the molecule is C[C@H](NC(=O)c1ccc(NS(=O)(=O)c2cc(Cl)sc2Cl)cc1)c1ccc(F)cc1. The van der Waals surface area contributed by atoms with Crippen molar-refractivity contribution in [1.82, 2.24) is 5.32 Å². The second-order valence-electron chi connectivity index (χ2n) is 6.12. The highest BCUT2D eigenvalue weighted by atomic mass is 35.5. The topological polar surface area (TPSA) is 75.3 Å². The van der Waals surface area contributed by atoms with Gasteiger partial charge in [0.25, 0.3) is 15.9 Å². The fourth-order valence-electron chi connectivity index (χ4n) is 2.52. The van der Waals surface area contributed by atoms with Crippen molar-refractivity contribution in [3.8, 4) is 0 Å². The van der Waals surface area contributed by atoms with Crippen LogP contribution < -0.4 is 10.0 Å². The number of thiophene rings is 1. The van der Waals surface area contributed by atoms with E-state index in [-0.39, 0.29) is 37.0 Å². The number of rotatable bonds is 6. The molecular weight excluding hydrogens is 458 g/mol. The molecule has 10 heteroatoms.